The van der Waals surface area contributed by atoms with Gasteiger partial charge in [-0.25, -0.2) is 0 Å². The van der Waals surface area contributed by atoms with Crippen LogP contribution < -0.4 is 5.32 Å². The van der Waals surface area contributed by atoms with Crippen LogP contribution in [0.2, 0.25) is 0 Å². The summed E-state index contributed by atoms with van der Waals surface area (Å²) >= 11 is 3.29. The zero-order valence-corrected chi connectivity index (χ0v) is 8.71. The molecule has 0 bridgehead atoms. The predicted octanol–water partition coefficient (Wildman–Crippen LogP) is 1.79. The average Bonchev–Trinajstić information content (AvgIpc) is 2.04. The van der Waals surface area contributed by atoms with Gasteiger partial charge in [0.2, 0.25) is 0 Å². The summed E-state index contributed by atoms with van der Waals surface area (Å²) in [6.45, 7) is 0. The normalized spacial score (nSPS) is 12.5. The number of carboxylic acid groups (broad SMARTS) is 1. The lowest BCUT2D eigenvalue weighted by Crippen LogP contribution is -2.24. The molecule has 1 rings (SSSR count). The van der Waals surface area contributed by atoms with Crippen molar-refractivity contribution in [2.75, 3.05) is 7.05 Å². The Balaban J connectivity index is 2.98. The molecule has 1 aromatic carbocycles. The molecule has 2 N–H and O–H groups in total. The number of hydrogen-bond acceptors (Lipinski definition) is 2. The third kappa shape index (κ3) is 2.54. The zero-order chi connectivity index (χ0) is 9.84. The fraction of sp³-hybridized carbons (Fsp3) is 0.222. The van der Waals surface area contributed by atoms with Crippen LogP contribution in [-0.4, -0.2) is 18.1 Å². The van der Waals surface area contributed by atoms with Gasteiger partial charge in [-0.1, -0.05) is 28.1 Å². The Hall–Kier alpha value is -0.870. The van der Waals surface area contributed by atoms with Crippen LogP contribution in [0.25, 0.3) is 0 Å². The SMILES string of the molecule is CN[C@@H](C(=O)O)c1cccc(Br)c1. The van der Waals surface area contributed by atoms with E-state index < -0.39 is 12.0 Å². The van der Waals surface area contributed by atoms with Crippen molar-refractivity contribution in [1.82, 2.24) is 5.32 Å². The maximum absolute atomic E-state index is 10.8. The number of nitrogens with one attached hydrogen (secondary N) is 1. The maximum Gasteiger partial charge on any atom is 0.325 e. The third-order valence-electron chi connectivity index (χ3n) is 1.72. The average molecular weight is 244 g/mol. The van der Waals surface area contributed by atoms with Gasteiger partial charge in [-0.05, 0) is 24.7 Å². The fourth-order valence-corrected chi connectivity index (χ4v) is 1.54. The Morgan fingerprint density at radius 3 is 2.77 bits per heavy atom. The lowest BCUT2D eigenvalue weighted by Gasteiger charge is -2.11. The van der Waals surface area contributed by atoms with Crippen molar-refractivity contribution >= 4 is 21.9 Å². The van der Waals surface area contributed by atoms with E-state index in [4.69, 9.17) is 5.11 Å². The van der Waals surface area contributed by atoms with Crippen LogP contribution in [0, 0.1) is 0 Å². The lowest BCUT2D eigenvalue weighted by molar-refractivity contribution is -0.139. The smallest absolute Gasteiger partial charge is 0.325 e. The molecule has 0 aromatic heterocycles. The molecule has 0 radical (unpaired) electrons. The Kier molecular flexibility index (Phi) is 3.45. The second-order valence-corrected chi connectivity index (χ2v) is 3.53. The quantitative estimate of drug-likeness (QED) is 0.852. The molecule has 1 aromatic rings. The van der Waals surface area contributed by atoms with E-state index in [2.05, 4.69) is 21.2 Å². The number of aliphatic carboxylic acids is 1. The van der Waals surface area contributed by atoms with Gasteiger partial charge < -0.3 is 10.4 Å². The van der Waals surface area contributed by atoms with Gasteiger partial charge in [-0.2, -0.15) is 0 Å². The van der Waals surface area contributed by atoms with Gasteiger partial charge in [0, 0.05) is 4.47 Å². The van der Waals surface area contributed by atoms with Crippen molar-refractivity contribution in [3.8, 4) is 0 Å². The van der Waals surface area contributed by atoms with E-state index in [-0.39, 0.29) is 0 Å². The molecule has 0 aliphatic heterocycles. The van der Waals surface area contributed by atoms with Crippen LogP contribution in [0.4, 0.5) is 0 Å². The predicted molar refractivity (Wildman–Crippen MR) is 53.6 cm³/mol. The molecule has 0 heterocycles. The van der Waals surface area contributed by atoms with Crippen molar-refractivity contribution in [1.29, 1.82) is 0 Å². The molecule has 4 heteroatoms. The van der Waals surface area contributed by atoms with E-state index >= 15 is 0 Å². The summed E-state index contributed by atoms with van der Waals surface area (Å²) in [7, 11) is 1.62. The standard InChI is InChI=1S/C9H10BrNO2/c1-11-8(9(12)13)6-3-2-4-7(10)5-6/h2-5,8,11H,1H3,(H,12,13)/t8-/m1/s1. The molecule has 13 heavy (non-hydrogen) atoms. The lowest BCUT2D eigenvalue weighted by atomic mass is 10.1. The van der Waals surface area contributed by atoms with Crippen molar-refractivity contribution in [3.63, 3.8) is 0 Å². The molecule has 0 fully saturated rings. The first-order valence-electron chi connectivity index (χ1n) is 3.80. The summed E-state index contributed by atoms with van der Waals surface area (Å²) in [5.74, 6) is -0.874. The van der Waals surface area contributed by atoms with E-state index in [1.165, 1.54) is 0 Å². The molecule has 0 aliphatic rings. The van der Waals surface area contributed by atoms with Crippen molar-refractivity contribution in [2.24, 2.45) is 0 Å². The van der Waals surface area contributed by atoms with Crippen molar-refractivity contribution < 1.29 is 9.90 Å². The van der Waals surface area contributed by atoms with Crippen LogP contribution >= 0.6 is 15.9 Å². The molecule has 1 atom stereocenters. The Labute approximate surface area is 84.9 Å². The number of carbonyl (C=O) groups is 1. The highest BCUT2D eigenvalue weighted by molar-refractivity contribution is 9.10. The molecule has 3 nitrogen and oxygen atoms in total. The highest BCUT2D eigenvalue weighted by Crippen LogP contribution is 2.17. The number of likely N-dealkylation sites (N-methyl/N-ethyl adjacent to an activating group) is 1. The maximum atomic E-state index is 10.8. The summed E-state index contributed by atoms with van der Waals surface area (Å²) in [5, 5.41) is 11.6. The first-order valence-corrected chi connectivity index (χ1v) is 4.60. The number of hydrogen-bond donors (Lipinski definition) is 2. The van der Waals surface area contributed by atoms with E-state index in [9.17, 15) is 4.79 Å². The highest BCUT2D eigenvalue weighted by atomic mass is 79.9. The van der Waals surface area contributed by atoms with E-state index in [1.807, 2.05) is 12.1 Å². The Bertz CT molecular complexity index is 314. The minimum Gasteiger partial charge on any atom is -0.480 e. The minimum absolute atomic E-state index is 0.641. The molecule has 0 amide bonds. The Morgan fingerprint density at radius 1 is 1.62 bits per heavy atom. The molecule has 0 aliphatic carbocycles. The summed E-state index contributed by atoms with van der Waals surface area (Å²) in [6.07, 6.45) is 0. The second-order valence-electron chi connectivity index (χ2n) is 2.61. The van der Waals surface area contributed by atoms with Crippen molar-refractivity contribution in [3.05, 3.63) is 34.3 Å². The molecule has 0 unspecified atom stereocenters. The molecular formula is C9H10BrNO2. The first-order chi connectivity index (χ1) is 6.15. The fourth-order valence-electron chi connectivity index (χ4n) is 1.12. The van der Waals surface area contributed by atoms with Crippen LogP contribution in [0.15, 0.2) is 28.7 Å². The van der Waals surface area contributed by atoms with Crippen LogP contribution in [0.3, 0.4) is 0 Å². The number of rotatable bonds is 3. The molecule has 0 spiro atoms. The van der Waals surface area contributed by atoms with Gasteiger partial charge in [-0.15, -0.1) is 0 Å². The van der Waals surface area contributed by atoms with Gasteiger partial charge in [0.1, 0.15) is 6.04 Å². The van der Waals surface area contributed by atoms with E-state index in [0.29, 0.717) is 0 Å². The highest BCUT2D eigenvalue weighted by Gasteiger charge is 2.16. The minimum atomic E-state index is -0.874. The first kappa shape index (κ1) is 10.2. The summed E-state index contributed by atoms with van der Waals surface area (Å²) in [4.78, 5) is 10.8. The van der Waals surface area contributed by atoms with Crippen molar-refractivity contribution in [2.45, 2.75) is 6.04 Å². The third-order valence-corrected chi connectivity index (χ3v) is 2.21. The van der Waals surface area contributed by atoms with Crippen LogP contribution in [0.1, 0.15) is 11.6 Å². The number of carboxylic acids is 1. The second kappa shape index (κ2) is 4.39. The zero-order valence-electron chi connectivity index (χ0n) is 7.12. The van der Waals surface area contributed by atoms with Gasteiger partial charge in [0.25, 0.3) is 0 Å². The number of halogens is 1. The van der Waals surface area contributed by atoms with Crippen LogP contribution in [-0.2, 0) is 4.79 Å². The monoisotopic (exact) mass is 243 g/mol. The summed E-state index contributed by atoms with van der Waals surface area (Å²) < 4.78 is 0.881. The molecular weight excluding hydrogens is 234 g/mol. The van der Waals surface area contributed by atoms with Crippen LogP contribution in [0.5, 0.6) is 0 Å². The topological polar surface area (TPSA) is 49.3 Å². The van der Waals surface area contributed by atoms with E-state index in [0.717, 1.165) is 10.0 Å². The molecule has 0 saturated carbocycles. The summed E-state index contributed by atoms with van der Waals surface area (Å²) in [6, 6.07) is 6.60. The summed E-state index contributed by atoms with van der Waals surface area (Å²) in [5.41, 5.74) is 0.740. The molecule has 0 saturated heterocycles. The van der Waals surface area contributed by atoms with E-state index in [1.54, 1.807) is 19.2 Å². The molecule has 70 valence electrons. The van der Waals surface area contributed by atoms with Gasteiger partial charge in [0.15, 0.2) is 0 Å². The number of benzene rings is 1. The van der Waals surface area contributed by atoms with Gasteiger partial charge >= 0.3 is 5.97 Å². The van der Waals surface area contributed by atoms with Gasteiger partial charge in [0.05, 0.1) is 0 Å². The van der Waals surface area contributed by atoms with Gasteiger partial charge in [-0.3, -0.25) is 4.79 Å². The Morgan fingerprint density at radius 2 is 2.31 bits per heavy atom. The largest absolute Gasteiger partial charge is 0.480 e.